The summed E-state index contributed by atoms with van der Waals surface area (Å²) >= 11 is 0. The van der Waals surface area contributed by atoms with E-state index in [0.29, 0.717) is 30.9 Å². The van der Waals surface area contributed by atoms with Crippen LogP contribution < -0.4 is 16.0 Å². The molecule has 2 amide bonds. The van der Waals surface area contributed by atoms with Crippen LogP contribution in [0.1, 0.15) is 34.1 Å². The van der Waals surface area contributed by atoms with Crippen LogP contribution in [0.25, 0.3) is 0 Å². The average Bonchev–Trinajstić information content (AvgIpc) is 2.49. The zero-order valence-electron chi connectivity index (χ0n) is 15.4. The van der Waals surface area contributed by atoms with Crippen LogP contribution in [0.5, 0.6) is 5.75 Å². The normalized spacial score (nSPS) is 10.1. The van der Waals surface area contributed by atoms with E-state index in [2.05, 4.69) is 29.1 Å². The van der Waals surface area contributed by atoms with E-state index in [0.717, 1.165) is 0 Å². The van der Waals surface area contributed by atoms with Gasteiger partial charge in [0, 0.05) is 25.7 Å². The molecule has 0 aromatic heterocycles. The largest absolute Gasteiger partial charge is 0.506 e. The zero-order chi connectivity index (χ0) is 19.5. The van der Waals surface area contributed by atoms with Gasteiger partial charge in [0.1, 0.15) is 11.4 Å². The Kier molecular flexibility index (Phi) is 9.78. The molecule has 1 aromatic rings. The first-order chi connectivity index (χ1) is 11.7. The molecule has 0 bridgehead atoms. The van der Waals surface area contributed by atoms with Gasteiger partial charge in [0.2, 0.25) is 5.91 Å². The monoisotopic (exact) mass is 351 g/mol. The molecule has 0 unspecified atom stereocenters. The van der Waals surface area contributed by atoms with Gasteiger partial charge in [-0.1, -0.05) is 0 Å². The van der Waals surface area contributed by atoms with Gasteiger partial charge in [-0.05, 0) is 45.4 Å². The van der Waals surface area contributed by atoms with Gasteiger partial charge in [-0.2, -0.15) is 0 Å². The average molecular weight is 351 g/mol. The Hall–Kier alpha value is -2.70. The smallest absolute Gasteiger partial charge is 0.412 e. The Morgan fingerprint density at radius 2 is 1.84 bits per heavy atom. The van der Waals surface area contributed by atoms with Crippen LogP contribution in [-0.2, 0) is 9.53 Å². The van der Waals surface area contributed by atoms with Crippen molar-refractivity contribution in [3.63, 3.8) is 0 Å². The molecule has 7 heteroatoms. The van der Waals surface area contributed by atoms with Gasteiger partial charge in [0.25, 0.3) is 0 Å². The molecule has 140 valence electrons. The van der Waals surface area contributed by atoms with Crippen LogP contribution in [-0.4, -0.2) is 35.8 Å². The Bertz CT molecular complexity index is 568. The number of carbonyl (C=O) groups is 2. The highest BCUT2D eigenvalue weighted by atomic mass is 16.6. The van der Waals surface area contributed by atoms with E-state index in [1.54, 1.807) is 32.9 Å². The Morgan fingerprint density at radius 3 is 2.40 bits per heavy atom. The summed E-state index contributed by atoms with van der Waals surface area (Å²) < 4.78 is 5.17. The van der Waals surface area contributed by atoms with Crippen LogP contribution in [0.2, 0.25) is 0 Å². The quantitative estimate of drug-likeness (QED) is 0.272. The van der Waals surface area contributed by atoms with Gasteiger partial charge in [0.05, 0.1) is 5.69 Å². The topological polar surface area (TPSA) is 99.7 Å². The number of hydrogen-bond donors (Lipinski definition) is 4. The van der Waals surface area contributed by atoms with Crippen molar-refractivity contribution in [1.29, 1.82) is 0 Å². The van der Waals surface area contributed by atoms with Gasteiger partial charge < -0.3 is 20.5 Å². The number of carbonyl (C=O) groups excluding carboxylic acids is 2. The SMILES string of the molecule is C=C.CC(=O)NCCCNc1cc(NC(=O)OC(C)(C)C)ccc1O. The summed E-state index contributed by atoms with van der Waals surface area (Å²) in [4.78, 5) is 22.5. The number of phenolic OH excluding ortho intramolecular Hbond substituents is 1. The number of rotatable bonds is 6. The summed E-state index contributed by atoms with van der Waals surface area (Å²) in [5.74, 6) is 0.00988. The molecule has 0 radical (unpaired) electrons. The second-order valence-electron chi connectivity index (χ2n) is 6.12. The molecular formula is C18H29N3O4. The standard InChI is InChI=1S/C16H25N3O4.C2H4/c1-11(20)17-8-5-9-18-13-10-12(6-7-14(13)21)19-15(22)23-16(2,3)4;1-2/h6-7,10,18,21H,5,8-9H2,1-4H3,(H,17,20)(H,19,22);1-2H2. The lowest BCUT2D eigenvalue weighted by molar-refractivity contribution is -0.118. The fourth-order valence-electron chi connectivity index (χ4n) is 1.75. The van der Waals surface area contributed by atoms with Gasteiger partial charge in [-0.15, -0.1) is 13.2 Å². The summed E-state index contributed by atoms with van der Waals surface area (Å²) in [6.07, 6.45) is 0.155. The fourth-order valence-corrected chi connectivity index (χ4v) is 1.75. The van der Waals surface area contributed by atoms with Crippen molar-refractivity contribution in [2.45, 2.75) is 39.7 Å². The minimum atomic E-state index is -0.578. The molecule has 0 atom stereocenters. The molecule has 7 nitrogen and oxygen atoms in total. The predicted octanol–water partition coefficient (Wildman–Crippen LogP) is 3.48. The zero-order valence-corrected chi connectivity index (χ0v) is 15.4. The van der Waals surface area contributed by atoms with Crippen molar-refractivity contribution in [3.05, 3.63) is 31.4 Å². The second-order valence-corrected chi connectivity index (χ2v) is 6.12. The molecule has 0 heterocycles. The van der Waals surface area contributed by atoms with Crippen molar-refractivity contribution in [2.24, 2.45) is 0 Å². The van der Waals surface area contributed by atoms with Crippen molar-refractivity contribution >= 4 is 23.4 Å². The van der Waals surface area contributed by atoms with Crippen LogP contribution in [0.3, 0.4) is 0 Å². The fraction of sp³-hybridized carbons (Fsp3) is 0.444. The number of amides is 2. The molecular weight excluding hydrogens is 322 g/mol. The minimum Gasteiger partial charge on any atom is -0.506 e. The second kappa shape index (κ2) is 11.0. The third kappa shape index (κ3) is 10.6. The first kappa shape index (κ1) is 22.3. The number of anilines is 2. The van der Waals surface area contributed by atoms with E-state index in [1.807, 2.05) is 0 Å². The molecule has 0 saturated heterocycles. The van der Waals surface area contributed by atoms with Crippen molar-refractivity contribution in [3.8, 4) is 5.75 Å². The van der Waals surface area contributed by atoms with Crippen molar-refractivity contribution in [1.82, 2.24) is 5.32 Å². The lowest BCUT2D eigenvalue weighted by Gasteiger charge is -2.20. The molecule has 25 heavy (non-hydrogen) atoms. The highest BCUT2D eigenvalue weighted by Crippen LogP contribution is 2.27. The number of hydrogen-bond acceptors (Lipinski definition) is 5. The lowest BCUT2D eigenvalue weighted by Crippen LogP contribution is -2.27. The van der Waals surface area contributed by atoms with Crippen LogP contribution in [0, 0.1) is 0 Å². The Balaban J connectivity index is 0.00000277. The number of benzene rings is 1. The number of aromatic hydroxyl groups is 1. The molecule has 0 aliphatic carbocycles. The summed E-state index contributed by atoms with van der Waals surface area (Å²) in [6.45, 7) is 13.9. The molecule has 0 spiro atoms. The Labute approximate surface area is 149 Å². The number of nitrogens with one attached hydrogen (secondary N) is 3. The predicted molar refractivity (Wildman–Crippen MR) is 101 cm³/mol. The van der Waals surface area contributed by atoms with E-state index in [1.165, 1.54) is 13.0 Å². The van der Waals surface area contributed by atoms with Gasteiger partial charge in [-0.3, -0.25) is 10.1 Å². The third-order valence-electron chi connectivity index (χ3n) is 2.68. The first-order valence-electron chi connectivity index (χ1n) is 7.99. The van der Waals surface area contributed by atoms with Gasteiger partial charge >= 0.3 is 6.09 Å². The van der Waals surface area contributed by atoms with E-state index in [-0.39, 0.29) is 11.7 Å². The molecule has 1 aromatic carbocycles. The van der Waals surface area contributed by atoms with E-state index < -0.39 is 11.7 Å². The highest BCUT2D eigenvalue weighted by molar-refractivity contribution is 5.86. The maximum absolute atomic E-state index is 11.7. The van der Waals surface area contributed by atoms with Crippen LogP contribution >= 0.6 is 0 Å². The Morgan fingerprint density at radius 1 is 1.20 bits per heavy atom. The summed E-state index contributed by atoms with van der Waals surface area (Å²) in [5.41, 5.74) is 0.439. The molecule has 0 aliphatic rings. The maximum atomic E-state index is 11.7. The van der Waals surface area contributed by atoms with E-state index in [4.69, 9.17) is 4.74 Å². The van der Waals surface area contributed by atoms with Gasteiger partial charge in [0.15, 0.2) is 0 Å². The summed E-state index contributed by atoms with van der Waals surface area (Å²) in [6, 6.07) is 4.70. The molecule has 0 saturated carbocycles. The highest BCUT2D eigenvalue weighted by Gasteiger charge is 2.16. The van der Waals surface area contributed by atoms with Gasteiger partial charge in [-0.25, -0.2) is 4.79 Å². The number of ether oxygens (including phenoxy) is 1. The minimum absolute atomic E-state index is 0.0728. The van der Waals surface area contributed by atoms with Crippen molar-refractivity contribution < 1.29 is 19.4 Å². The van der Waals surface area contributed by atoms with E-state index >= 15 is 0 Å². The number of phenols is 1. The van der Waals surface area contributed by atoms with Crippen molar-refractivity contribution in [2.75, 3.05) is 23.7 Å². The van der Waals surface area contributed by atoms with E-state index in [9.17, 15) is 14.7 Å². The first-order valence-corrected chi connectivity index (χ1v) is 7.99. The summed E-state index contributed by atoms with van der Waals surface area (Å²) in [7, 11) is 0. The lowest BCUT2D eigenvalue weighted by atomic mass is 10.2. The molecule has 4 N–H and O–H groups in total. The third-order valence-corrected chi connectivity index (χ3v) is 2.68. The molecule has 0 fully saturated rings. The molecule has 1 rings (SSSR count). The summed E-state index contributed by atoms with van der Waals surface area (Å²) in [5, 5.41) is 18.2. The van der Waals surface area contributed by atoms with Crippen LogP contribution in [0.4, 0.5) is 16.2 Å². The maximum Gasteiger partial charge on any atom is 0.412 e. The van der Waals surface area contributed by atoms with Crippen LogP contribution in [0.15, 0.2) is 31.4 Å². The molecule has 0 aliphatic heterocycles.